The maximum atomic E-state index is 12.9. The maximum absolute atomic E-state index is 12.9. The minimum atomic E-state index is -0.357. The molecule has 0 saturated carbocycles. The van der Waals surface area contributed by atoms with Gasteiger partial charge in [0.05, 0.1) is 0 Å². The minimum Gasteiger partial charge on any atom is -0.324 e. The largest absolute Gasteiger partial charge is 0.324 e. The Labute approximate surface area is 142 Å². The lowest BCUT2D eigenvalue weighted by Gasteiger charge is -2.31. The Morgan fingerprint density at radius 2 is 1.88 bits per heavy atom. The number of nitrogens with one attached hydrogen (secondary N) is 1. The van der Waals surface area contributed by atoms with Crippen molar-refractivity contribution in [3.05, 3.63) is 40.7 Å². The average molecular weight is 348 g/mol. The van der Waals surface area contributed by atoms with Gasteiger partial charge in [-0.25, -0.2) is 9.18 Å². The van der Waals surface area contributed by atoms with E-state index in [1.807, 2.05) is 6.92 Å². The topological polar surface area (TPSA) is 75.2 Å². The number of hydrogen-bond donors (Lipinski definition) is 1. The van der Waals surface area contributed by atoms with Gasteiger partial charge in [-0.1, -0.05) is 11.3 Å². The molecule has 1 aromatic carbocycles. The number of urea groups is 1. The van der Waals surface area contributed by atoms with E-state index in [0.717, 1.165) is 5.01 Å². The Hall–Kier alpha value is -2.35. The lowest BCUT2D eigenvalue weighted by Crippen LogP contribution is -2.42. The summed E-state index contributed by atoms with van der Waals surface area (Å²) in [6.07, 6.45) is 1.19. The van der Waals surface area contributed by atoms with Crippen LogP contribution in [-0.2, 0) is 0 Å². The van der Waals surface area contributed by atoms with E-state index < -0.39 is 0 Å². The molecule has 0 bridgehead atoms. The van der Waals surface area contributed by atoms with E-state index in [2.05, 4.69) is 15.5 Å². The fraction of sp³-hybridized carbons (Fsp3) is 0.375. The summed E-state index contributed by atoms with van der Waals surface area (Å²) in [6, 6.07) is 5.38. The minimum absolute atomic E-state index is 0.00908. The third-order valence-electron chi connectivity index (χ3n) is 4.02. The van der Waals surface area contributed by atoms with Crippen molar-refractivity contribution in [1.82, 2.24) is 15.1 Å². The number of likely N-dealkylation sites (tertiary alicyclic amines) is 1. The first kappa shape index (κ1) is 16.5. The molecule has 2 heterocycles. The molecule has 0 spiro atoms. The van der Waals surface area contributed by atoms with Gasteiger partial charge < -0.3 is 4.90 Å². The first-order valence-electron chi connectivity index (χ1n) is 7.69. The molecule has 1 fully saturated rings. The zero-order chi connectivity index (χ0) is 17.1. The number of aromatic nitrogens is 2. The molecule has 6 nitrogen and oxygen atoms in total. The van der Waals surface area contributed by atoms with Crippen LogP contribution in [0.2, 0.25) is 0 Å². The number of ketones is 1. The lowest BCUT2D eigenvalue weighted by atomic mass is 9.89. The molecule has 0 unspecified atom stereocenters. The van der Waals surface area contributed by atoms with E-state index in [-0.39, 0.29) is 23.5 Å². The van der Waals surface area contributed by atoms with E-state index in [1.54, 1.807) is 4.90 Å². The summed E-state index contributed by atoms with van der Waals surface area (Å²) in [4.78, 5) is 26.3. The molecule has 1 aliphatic heterocycles. The van der Waals surface area contributed by atoms with Crippen molar-refractivity contribution >= 4 is 28.3 Å². The van der Waals surface area contributed by atoms with E-state index in [9.17, 15) is 14.0 Å². The van der Waals surface area contributed by atoms with Gasteiger partial charge in [0, 0.05) is 24.6 Å². The van der Waals surface area contributed by atoms with Crippen LogP contribution in [0.5, 0.6) is 0 Å². The van der Waals surface area contributed by atoms with Crippen LogP contribution in [0.15, 0.2) is 24.3 Å². The molecule has 1 aliphatic rings. The summed E-state index contributed by atoms with van der Waals surface area (Å²) in [7, 11) is 0. The number of anilines is 1. The maximum Gasteiger partial charge on any atom is 0.323 e. The van der Waals surface area contributed by atoms with Crippen molar-refractivity contribution in [3.63, 3.8) is 0 Å². The van der Waals surface area contributed by atoms with E-state index >= 15 is 0 Å². The molecule has 1 N–H and O–H groups in total. The van der Waals surface area contributed by atoms with Crippen LogP contribution < -0.4 is 5.32 Å². The van der Waals surface area contributed by atoms with Crippen LogP contribution in [0.25, 0.3) is 0 Å². The molecule has 24 heavy (non-hydrogen) atoms. The smallest absolute Gasteiger partial charge is 0.323 e. The number of halogens is 1. The molecule has 8 heteroatoms. The third-order valence-corrected chi connectivity index (χ3v) is 4.78. The summed E-state index contributed by atoms with van der Waals surface area (Å²) in [6.45, 7) is 2.82. The number of Topliss-reactive ketones (excluding diaryl/α,β-unsaturated/α-hetero) is 1. The summed E-state index contributed by atoms with van der Waals surface area (Å²) in [5, 5.41) is 11.7. The Bertz CT molecular complexity index is 739. The Balaban J connectivity index is 1.54. The van der Waals surface area contributed by atoms with Gasteiger partial charge in [0.15, 0.2) is 5.78 Å². The van der Waals surface area contributed by atoms with Crippen molar-refractivity contribution in [2.24, 2.45) is 5.92 Å². The van der Waals surface area contributed by atoms with E-state index in [4.69, 9.17) is 0 Å². The van der Waals surface area contributed by atoms with E-state index in [0.29, 0.717) is 36.6 Å². The highest BCUT2D eigenvalue weighted by atomic mass is 32.1. The van der Waals surface area contributed by atoms with Gasteiger partial charge in [-0.3, -0.25) is 10.1 Å². The second kappa shape index (κ2) is 7.04. The summed E-state index contributed by atoms with van der Waals surface area (Å²) in [5.74, 6) is -0.483. The molecule has 1 saturated heterocycles. The monoisotopic (exact) mass is 348 g/mol. The highest BCUT2D eigenvalue weighted by Crippen LogP contribution is 2.23. The highest BCUT2D eigenvalue weighted by Gasteiger charge is 2.28. The zero-order valence-corrected chi connectivity index (χ0v) is 14.0. The predicted octanol–water partition coefficient (Wildman–Crippen LogP) is 3.11. The standard InChI is InChI=1S/C16H17FN4O2S/c1-10-19-20-15(24-10)18-16(23)21-8-6-12(7-9-21)14(22)11-2-4-13(17)5-3-11/h2-5,12H,6-9H2,1H3,(H,18,20,23). The molecule has 3 rings (SSSR count). The van der Waals surface area contributed by atoms with Crippen molar-refractivity contribution in [3.8, 4) is 0 Å². The highest BCUT2D eigenvalue weighted by molar-refractivity contribution is 7.15. The second-order valence-corrected chi connectivity index (χ2v) is 6.87. The third kappa shape index (κ3) is 3.76. The second-order valence-electron chi connectivity index (χ2n) is 5.69. The van der Waals surface area contributed by atoms with Crippen LogP contribution in [0.1, 0.15) is 28.2 Å². The van der Waals surface area contributed by atoms with Crippen LogP contribution in [0.4, 0.5) is 14.3 Å². The Kier molecular flexibility index (Phi) is 4.84. The average Bonchev–Trinajstić information content (AvgIpc) is 3.00. The molecule has 2 aromatic rings. The van der Waals surface area contributed by atoms with Crippen LogP contribution >= 0.6 is 11.3 Å². The van der Waals surface area contributed by atoms with Gasteiger partial charge in [0.1, 0.15) is 10.8 Å². The molecule has 0 radical (unpaired) electrons. The van der Waals surface area contributed by atoms with Crippen molar-refractivity contribution in [2.45, 2.75) is 19.8 Å². The fourth-order valence-corrected chi connectivity index (χ4v) is 3.29. The quantitative estimate of drug-likeness (QED) is 0.865. The summed E-state index contributed by atoms with van der Waals surface area (Å²) >= 11 is 1.32. The molecule has 0 aliphatic carbocycles. The molecule has 1 aromatic heterocycles. The van der Waals surface area contributed by atoms with Gasteiger partial charge >= 0.3 is 6.03 Å². The van der Waals surface area contributed by atoms with Crippen molar-refractivity contribution < 1.29 is 14.0 Å². The first-order chi connectivity index (χ1) is 11.5. The van der Waals surface area contributed by atoms with E-state index in [1.165, 1.54) is 35.6 Å². The lowest BCUT2D eigenvalue weighted by molar-refractivity contribution is 0.0859. The number of piperidine rings is 1. The molecular weight excluding hydrogens is 331 g/mol. The van der Waals surface area contributed by atoms with Gasteiger partial charge in [-0.2, -0.15) is 0 Å². The Morgan fingerprint density at radius 1 is 1.21 bits per heavy atom. The number of aryl methyl sites for hydroxylation is 1. The van der Waals surface area contributed by atoms with Crippen LogP contribution in [0, 0.1) is 18.7 Å². The first-order valence-corrected chi connectivity index (χ1v) is 8.50. The predicted molar refractivity (Wildman–Crippen MR) is 88.7 cm³/mol. The Morgan fingerprint density at radius 3 is 2.46 bits per heavy atom. The number of carbonyl (C=O) groups is 2. The number of rotatable bonds is 3. The number of nitrogens with zero attached hydrogens (tertiary/aromatic N) is 3. The summed E-state index contributed by atoms with van der Waals surface area (Å²) < 4.78 is 12.9. The zero-order valence-electron chi connectivity index (χ0n) is 13.2. The van der Waals surface area contributed by atoms with Gasteiger partial charge in [-0.05, 0) is 44.0 Å². The number of carbonyl (C=O) groups excluding carboxylic acids is 2. The van der Waals surface area contributed by atoms with Gasteiger partial charge in [0.2, 0.25) is 5.13 Å². The molecule has 2 amide bonds. The van der Waals surface area contributed by atoms with Crippen molar-refractivity contribution in [2.75, 3.05) is 18.4 Å². The SMILES string of the molecule is Cc1nnc(NC(=O)N2CCC(C(=O)c3ccc(F)cc3)CC2)s1. The number of amides is 2. The van der Waals surface area contributed by atoms with Gasteiger partial charge in [-0.15, -0.1) is 10.2 Å². The molecule has 0 atom stereocenters. The number of hydrogen-bond acceptors (Lipinski definition) is 5. The van der Waals surface area contributed by atoms with Crippen LogP contribution in [-0.4, -0.2) is 40.0 Å². The number of benzene rings is 1. The van der Waals surface area contributed by atoms with Crippen LogP contribution in [0.3, 0.4) is 0 Å². The van der Waals surface area contributed by atoms with Gasteiger partial charge in [0.25, 0.3) is 0 Å². The van der Waals surface area contributed by atoms with Crippen molar-refractivity contribution in [1.29, 1.82) is 0 Å². The molecular formula is C16H17FN4O2S. The summed E-state index contributed by atoms with van der Waals surface area (Å²) in [5.41, 5.74) is 0.517. The fourth-order valence-electron chi connectivity index (χ4n) is 2.71. The molecule has 126 valence electrons. The normalized spacial score (nSPS) is 15.3.